The number of ether oxygens (including phenoxy) is 4. The molecule has 1 aliphatic rings. The number of aliphatic hydroxyl groups excluding tert-OH is 4. The molecule has 0 aromatic rings. The number of carbonyl (C=O) groups excluding carboxylic acids is 2. The van der Waals surface area contributed by atoms with Crippen molar-refractivity contribution in [3.8, 4) is 0 Å². The molecule has 10 nitrogen and oxygen atoms in total. The van der Waals surface area contributed by atoms with Gasteiger partial charge in [0.15, 0.2) is 12.4 Å². The fraction of sp³-hybridized carbons (Fsp3) is 0.864. The Labute approximate surface area is 328 Å². The summed E-state index contributed by atoms with van der Waals surface area (Å²) in [5.74, 6) is -0.855. The Morgan fingerprint density at radius 3 is 1.59 bits per heavy atom. The average Bonchev–Trinajstić information content (AvgIpc) is 3.17. The third-order valence-electron chi connectivity index (χ3n) is 10.1. The van der Waals surface area contributed by atoms with E-state index in [4.69, 9.17) is 18.9 Å². The van der Waals surface area contributed by atoms with E-state index in [1.807, 2.05) is 0 Å². The first-order valence-electron chi connectivity index (χ1n) is 21.9. The van der Waals surface area contributed by atoms with Gasteiger partial charge < -0.3 is 39.4 Å². The lowest BCUT2D eigenvalue weighted by Gasteiger charge is -2.39. The number of aliphatic hydroxyl groups is 4. The van der Waals surface area contributed by atoms with Crippen molar-refractivity contribution in [3.05, 3.63) is 24.3 Å². The van der Waals surface area contributed by atoms with Crippen LogP contribution in [0.3, 0.4) is 0 Å². The lowest BCUT2D eigenvalue weighted by Crippen LogP contribution is -2.59. The zero-order valence-corrected chi connectivity index (χ0v) is 34.2. The number of carbonyl (C=O) groups is 2. The van der Waals surface area contributed by atoms with Crippen LogP contribution in [0.1, 0.15) is 187 Å². The average molecular weight is 769 g/mol. The van der Waals surface area contributed by atoms with Gasteiger partial charge in [0.25, 0.3) is 0 Å². The molecule has 316 valence electrons. The van der Waals surface area contributed by atoms with Gasteiger partial charge in [-0.3, -0.25) is 9.59 Å². The maximum Gasteiger partial charge on any atom is 0.306 e. The van der Waals surface area contributed by atoms with E-state index in [1.165, 1.54) is 116 Å². The van der Waals surface area contributed by atoms with Crippen molar-refractivity contribution in [2.24, 2.45) is 0 Å². The van der Waals surface area contributed by atoms with Gasteiger partial charge in [-0.2, -0.15) is 0 Å². The van der Waals surface area contributed by atoms with Crippen LogP contribution in [0, 0.1) is 0 Å². The van der Waals surface area contributed by atoms with E-state index >= 15 is 0 Å². The summed E-state index contributed by atoms with van der Waals surface area (Å²) in [5, 5.41) is 40.0. The number of allylic oxidation sites excluding steroid dienone is 4. The largest absolute Gasteiger partial charge is 0.462 e. The van der Waals surface area contributed by atoms with E-state index in [1.54, 1.807) is 0 Å². The van der Waals surface area contributed by atoms with Crippen molar-refractivity contribution in [3.63, 3.8) is 0 Å². The summed E-state index contributed by atoms with van der Waals surface area (Å²) in [6, 6.07) is 0. The molecule has 0 radical (unpaired) electrons. The van der Waals surface area contributed by atoms with Crippen LogP contribution < -0.4 is 0 Å². The van der Waals surface area contributed by atoms with Gasteiger partial charge in [-0.25, -0.2) is 0 Å². The van der Waals surface area contributed by atoms with E-state index < -0.39 is 49.4 Å². The van der Waals surface area contributed by atoms with E-state index in [2.05, 4.69) is 38.2 Å². The molecule has 2 unspecified atom stereocenters. The first-order valence-corrected chi connectivity index (χ1v) is 21.9. The van der Waals surface area contributed by atoms with E-state index in [-0.39, 0.29) is 32.0 Å². The standard InChI is InChI=1S/C44H80O10/c1-3-5-7-9-11-13-15-17-18-19-20-21-23-25-27-29-31-33-40(47)53-37(36-52-44-43(50)42(49)41(48)38(34-45)54-44)35-51-39(46)32-30-28-26-24-22-16-14-12-10-8-6-4-2/h20-21,25,27,37-38,41-45,48-50H,3-19,22-24,26,28-36H2,1-2H3/b21-20+,27-25+/t37-,38-,41+,42?,43?,44-/m1/s1. The summed E-state index contributed by atoms with van der Waals surface area (Å²) in [4.78, 5) is 25.2. The Morgan fingerprint density at radius 1 is 0.574 bits per heavy atom. The monoisotopic (exact) mass is 769 g/mol. The van der Waals surface area contributed by atoms with E-state index in [0.717, 1.165) is 38.5 Å². The van der Waals surface area contributed by atoms with Crippen LogP contribution in [0.4, 0.5) is 0 Å². The molecule has 0 aliphatic carbocycles. The summed E-state index contributed by atoms with van der Waals surface area (Å²) < 4.78 is 22.1. The molecule has 0 aromatic heterocycles. The van der Waals surface area contributed by atoms with Crippen molar-refractivity contribution in [1.82, 2.24) is 0 Å². The first kappa shape index (κ1) is 50.2. The van der Waals surface area contributed by atoms with Gasteiger partial charge in [-0.05, 0) is 38.5 Å². The van der Waals surface area contributed by atoms with Gasteiger partial charge in [0.05, 0.1) is 13.2 Å². The Bertz CT molecular complexity index is 938. The highest BCUT2D eigenvalue weighted by Gasteiger charge is 2.44. The Kier molecular flexibility index (Phi) is 33.1. The Balaban J connectivity index is 2.37. The molecular formula is C44H80O10. The molecule has 0 spiro atoms. The van der Waals surface area contributed by atoms with Crippen molar-refractivity contribution in [2.75, 3.05) is 19.8 Å². The van der Waals surface area contributed by atoms with Gasteiger partial charge in [0.2, 0.25) is 0 Å². The number of hydrogen-bond acceptors (Lipinski definition) is 10. The molecule has 6 atom stereocenters. The molecule has 54 heavy (non-hydrogen) atoms. The van der Waals surface area contributed by atoms with Crippen molar-refractivity contribution in [1.29, 1.82) is 0 Å². The predicted molar refractivity (Wildman–Crippen MR) is 215 cm³/mol. The van der Waals surface area contributed by atoms with Gasteiger partial charge in [0, 0.05) is 12.8 Å². The zero-order chi connectivity index (χ0) is 39.5. The fourth-order valence-corrected chi connectivity index (χ4v) is 6.58. The molecule has 1 fully saturated rings. The molecule has 1 aliphatic heterocycles. The number of hydrogen-bond donors (Lipinski definition) is 4. The maximum absolute atomic E-state index is 12.7. The van der Waals surface area contributed by atoms with Crippen LogP contribution >= 0.6 is 0 Å². The van der Waals surface area contributed by atoms with Crippen LogP contribution in [-0.4, -0.2) is 89.0 Å². The fourth-order valence-electron chi connectivity index (χ4n) is 6.58. The topological polar surface area (TPSA) is 152 Å². The molecule has 0 bridgehead atoms. The molecule has 1 heterocycles. The Morgan fingerprint density at radius 2 is 1.06 bits per heavy atom. The second-order valence-electron chi connectivity index (χ2n) is 15.2. The highest BCUT2D eigenvalue weighted by molar-refractivity contribution is 5.70. The lowest BCUT2D eigenvalue weighted by molar-refractivity contribution is -0.305. The van der Waals surface area contributed by atoms with Crippen LogP contribution in [0.15, 0.2) is 24.3 Å². The SMILES string of the molecule is CCCCCCCCCCC/C=C/C/C=C/CCCC(=O)O[C@H](COC(=O)CCCCCCCCCCCCCC)CO[C@@H]1O[C@H](CO)[C@H](O)C(O)C1O. The van der Waals surface area contributed by atoms with E-state index in [0.29, 0.717) is 6.42 Å². The molecule has 10 heteroatoms. The van der Waals surface area contributed by atoms with Crippen molar-refractivity contribution >= 4 is 11.9 Å². The van der Waals surface area contributed by atoms with Crippen molar-refractivity contribution < 1.29 is 49.0 Å². The quantitative estimate of drug-likeness (QED) is 0.0276. The highest BCUT2D eigenvalue weighted by atomic mass is 16.7. The second kappa shape index (κ2) is 35.6. The van der Waals surface area contributed by atoms with Crippen LogP contribution in [-0.2, 0) is 28.5 Å². The normalized spacial score (nSPS) is 20.9. The number of esters is 2. The van der Waals surface area contributed by atoms with Gasteiger partial charge in [0.1, 0.15) is 31.0 Å². The number of rotatable bonds is 36. The minimum Gasteiger partial charge on any atom is -0.462 e. The smallest absolute Gasteiger partial charge is 0.306 e. The molecule has 4 N–H and O–H groups in total. The Hall–Kier alpha value is -1.82. The van der Waals surface area contributed by atoms with Gasteiger partial charge in [-0.15, -0.1) is 0 Å². The third-order valence-corrected chi connectivity index (χ3v) is 10.1. The summed E-state index contributed by atoms with van der Waals surface area (Å²) in [6.45, 7) is 3.38. The number of unbranched alkanes of at least 4 members (excludes halogenated alkanes) is 21. The highest BCUT2D eigenvalue weighted by Crippen LogP contribution is 2.22. The molecular weight excluding hydrogens is 688 g/mol. The molecule has 1 saturated heterocycles. The third kappa shape index (κ3) is 26.9. The van der Waals surface area contributed by atoms with Crippen molar-refractivity contribution in [2.45, 2.75) is 224 Å². The molecule has 0 amide bonds. The van der Waals surface area contributed by atoms with Crippen LogP contribution in [0.5, 0.6) is 0 Å². The summed E-state index contributed by atoms with van der Waals surface area (Å²) >= 11 is 0. The van der Waals surface area contributed by atoms with Gasteiger partial charge in [-0.1, -0.05) is 160 Å². The summed E-state index contributed by atoms with van der Waals surface area (Å²) in [5.41, 5.74) is 0. The molecule has 1 rings (SSSR count). The second-order valence-corrected chi connectivity index (χ2v) is 15.2. The van der Waals surface area contributed by atoms with Crippen LogP contribution in [0.25, 0.3) is 0 Å². The van der Waals surface area contributed by atoms with E-state index in [9.17, 15) is 30.0 Å². The minimum atomic E-state index is -1.60. The first-order chi connectivity index (χ1) is 26.3. The lowest BCUT2D eigenvalue weighted by atomic mass is 9.99. The van der Waals surface area contributed by atoms with Gasteiger partial charge >= 0.3 is 11.9 Å². The van der Waals surface area contributed by atoms with Crippen LogP contribution in [0.2, 0.25) is 0 Å². The zero-order valence-electron chi connectivity index (χ0n) is 34.2. The minimum absolute atomic E-state index is 0.169. The maximum atomic E-state index is 12.7. The molecule has 0 saturated carbocycles. The summed E-state index contributed by atoms with van der Waals surface area (Å²) in [6.07, 6.45) is 30.5. The summed E-state index contributed by atoms with van der Waals surface area (Å²) in [7, 11) is 0. The molecule has 0 aromatic carbocycles. The predicted octanol–water partition coefficient (Wildman–Crippen LogP) is 8.94.